The van der Waals surface area contributed by atoms with Crippen LogP contribution in [-0.4, -0.2) is 28.6 Å². The van der Waals surface area contributed by atoms with Crippen LogP contribution in [0.1, 0.15) is 24.5 Å². The number of ether oxygens (including phenoxy) is 2. The van der Waals surface area contributed by atoms with Gasteiger partial charge in [-0.25, -0.2) is 4.98 Å². The van der Waals surface area contributed by atoms with Crippen LogP contribution in [0.15, 0.2) is 12.3 Å². The molecule has 2 heterocycles. The highest BCUT2D eigenvalue weighted by Crippen LogP contribution is 2.39. The Morgan fingerprint density at radius 3 is 2.69 bits per heavy atom. The van der Waals surface area contributed by atoms with Crippen molar-refractivity contribution in [1.29, 1.82) is 0 Å². The van der Waals surface area contributed by atoms with Gasteiger partial charge >= 0.3 is 0 Å². The molecule has 0 bridgehead atoms. The van der Waals surface area contributed by atoms with Crippen molar-refractivity contribution in [1.82, 2.24) is 14.4 Å². The molecule has 1 saturated carbocycles. The molecule has 5 heteroatoms. The predicted octanol–water partition coefficient (Wildman–Crippen LogP) is 1.62. The van der Waals surface area contributed by atoms with E-state index in [4.69, 9.17) is 9.47 Å². The summed E-state index contributed by atoms with van der Waals surface area (Å²) < 4.78 is 12.2. The Kier molecular flexibility index (Phi) is 1.99. The first-order chi connectivity index (χ1) is 7.81. The molecule has 2 aromatic heterocycles. The zero-order valence-electron chi connectivity index (χ0n) is 9.30. The van der Waals surface area contributed by atoms with Crippen molar-refractivity contribution in [2.24, 2.45) is 0 Å². The molecule has 2 aromatic rings. The van der Waals surface area contributed by atoms with Crippen LogP contribution < -0.4 is 9.47 Å². The normalized spacial score (nSPS) is 15.4. The molecule has 0 amide bonds. The smallest absolute Gasteiger partial charge is 0.240 e. The fourth-order valence-corrected chi connectivity index (χ4v) is 1.77. The summed E-state index contributed by atoms with van der Waals surface area (Å²) in [6.45, 7) is 0. The highest BCUT2D eigenvalue weighted by Gasteiger charge is 2.27. The molecule has 0 aliphatic heterocycles. The molecule has 0 unspecified atom stereocenters. The fraction of sp³-hybridized carbons (Fsp3) is 0.455. The van der Waals surface area contributed by atoms with Crippen molar-refractivity contribution in [3.63, 3.8) is 0 Å². The molecule has 0 radical (unpaired) electrons. The largest absolute Gasteiger partial charge is 0.482 e. The summed E-state index contributed by atoms with van der Waals surface area (Å²) in [5.74, 6) is 2.47. The SMILES string of the molecule is COc1cc(OC)n2cc(C3CC3)nc2n1. The second kappa shape index (κ2) is 3.37. The molecule has 3 rings (SSSR count). The topological polar surface area (TPSA) is 48.7 Å². The number of hydrogen-bond donors (Lipinski definition) is 0. The molecule has 0 aromatic carbocycles. The molecule has 0 saturated heterocycles. The Hall–Kier alpha value is -1.78. The number of rotatable bonds is 3. The standard InChI is InChI=1S/C11H13N3O2/c1-15-9-5-10(16-2)14-6-8(7-3-4-7)12-11(14)13-9/h5-7H,3-4H2,1-2H3. The van der Waals surface area contributed by atoms with Gasteiger partial charge in [0.1, 0.15) is 0 Å². The van der Waals surface area contributed by atoms with E-state index in [0.29, 0.717) is 23.5 Å². The summed E-state index contributed by atoms with van der Waals surface area (Å²) in [7, 11) is 3.22. The lowest BCUT2D eigenvalue weighted by Gasteiger charge is -2.04. The van der Waals surface area contributed by atoms with Crippen molar-refractivity contribution in [3.8, 4) is 11.8 Å². The van der Waals surface area contributed by atoms with Gasteiger partial charge in [-0.3, -0.25) is 4.40 Å². The summed E-state index contributed by atoms with van der Waals surface area (Å²) in [6, 6.07) is 1.76. The molecular weight excluding hydrogens is 206 g/mol. The second-order valence-electron chi connectivity index (χ2n) is 3.95. The number of nitrogens with zero attached hydrogens (tertiary/aromatic N) is 3. The number of methoxy groups -OCH3 is 2. The third kappa shape index (κ3) is 1.39. The number of imidazole rings is 1. The van der Waals surface area contributed by atoms with Crippen LogP contribution >= 0.6 is 0 Å². The Morgan fingerprint density at radius 1 is 1.25 bits per heavy atom. The third-order valence-corrected chi connectivity index (χ3v) is 2.81. The average molecular weight is 219 g/mol. The van der Waals surface area contributed by atoms with E-state index in [0.717, 1.165) is 5.69 Å². The highest BCUT2D eigenvalue weighted by molar-refractivity contribution is 5.41. The molecule has 1 aliphatic carbocycles. The van der Waals surface area contributed by atoms with Crippen LogP contribution in [0.25, 0.3) is 5.78 Å². The number of aromatic nitrogens is 3. The van der Waals surface area contributed by atoms with Crippen LogP contribution in [0.4, 0.5) is 0 Å². The minimum absolute atomic E-state index is 0.525. The molecule has 16 heavy (non-hydrogen) atoms. The van der Waals surface area contributed by atoms with Crippen molar-refractivity contribution < 1.29 is 9.47 Å². The van der Waals surface area contributed by atoms with Gasteiger partial charge in [-0.15, -0.1) is 0 Å². The fourth-order valence-electron chi connectivity index (χ4n) is 1.77. The maximum Gasteiger partial charge on any atom is 0.240 e. The van der Waals surface area contributed by atoms with Gasteiger partial charge in [0.05, 0.1) is 26.0 Å². The number of fused-ring (bicyclic) bond motifs is 1. The summed E-state index contributed by atoms with van der Waals surface area (Å²) in [4.78, 5) is 8.77. The van der Waals surface area contributed by atoms with Gasteiger partial charge in [0.25, 0.3) is 0 Å². The van der Waals surface area contributed by atoms with Crippen LogP contribution in [0.2, 0.25) is 0 Å². The van der Waals surface area contributed by atoms with Gasteiger partial charge < -0.3 is 9.47 Å². The molecule has 5 nitrogen and oxygen atoms in total. The minimum atomic E-state index is 0.525. The number of hydrogen-bond acceptors (Lipinski definition) is 4. The van der Waals surface area contributed by atoms with E-state index >= 15 is 0 Å². The van der Waals surface area contributed by atoms with E-state index in [1.807, 2.05) is 10.6 Å². The predicted molar refractivity (Wildman–Crippen MR) is 58.1 cm³/mol. The minimum Gasteiger partial charge on any atom is -0.482 e. The van der Waals surface area contributed by atoms with Gasteiger partial charge in [-0.1, -0.05) is 0 Å². The summed E-state index contributed by atoms with van der Waals surface area (Å²) >= 11 is 0. The first-order valence-electron chi connectivity index (χ1n) is 5.30. The van der Waals surface area contributed by atoms with E-state index in [2.05, 4.69) is 9.97 Å². The molecule has 1 fully saturated rings. The molecule has 0 atom stereocenters. The van der Waals surface area contributed by atoms with Crippen molar-refractivity contribution in [3.05, 3.63) is 18.0 Å². The quantitative estimate of drug-likeness (QED) is 0.787. The zero-order chi connectivity index (χ0) is 11.1. The summed E-state index contributed by atoms with van der Waals surface area (Å²) in [6.07, 6.45) is 4.45. The Morgan fingerprint density at radius 2 is 2.06 bits per heavy atom. The molecule has 1 aliphatic rings. The van der Waals surface area contributed by atoms with Crippen LogP contribution in [0.5, 0.6) is 11.8 Å². The first kappa shape index (κ1) is 9.45. The van der Waals surface area contributed by atoms with Crippen molar-refractivity contribution >= 4 is 5.78 Å². The van der Waals surface area contributed by atoms with Gasteiger partial charge in [-0.2, -0.15) is 4.98 Å². The summed E-state index contributed by atoms with van der Waals surface area (Å²) in [5.41, 5.74) is 1.10. The average Bonchev–Trinajstić information content (AvgIpc) is 3.07. The Bertz CT molecular complexity index is 531. The maximum absolute atomic E-state index is 5.29. The molecular formula is C11H13N3O2. The van der Waals surface area contributed by atoms with Crippen molar-refractivity contribution in [2.75, 3.05) is 14.2 Å². The van der Waals surface area contributed by atoms with E-state index in [9.17, 15) is 0 Å². The highest BCUT2D eigenvalue weighted by atomic mass is 16.5. The van der Waals surface area contributed by atoms with E-state index in [-0.39, 0.29) is 0 Å². The zero-order valence-corrected chi connectivity index (χ0v) is 9.30. The lowest BCUT2D eigenvalue weighted by Crippen LogP contribution is -1.97. The van der Waals surface area contributed by atoms with Crippen molar-refractivity contribution in [2.45, 2.75) is 18.8 Å². The van der Waals surface area contributed by atoms with Gasteiger partial charge in [-0.05, 0) is 12.8 Å². The third-order valence-electron chi connectivity index (χ3n) is 2.81. The van der Waals surface area contributed by atoms with E-state index in [1.54, 1.807) is 20.3 Å². The Balaban J connectivity index is 2.18. The Labute approximate surface area is 93.0 Å². The molecule has 0 spiro atoms. The second-order valence-corrected chi connectivity index (χ2v) is 3.95. The lowest BCUT2D eigenvalue weighted by molar-refractivity contribution is 0.369. The van der Waals surface area contributed by atoms with Gasteiger partial charge in [0.2, 0.25) is 17.5 Å². The van der Waals surface area contributed by atoms with Crippen LogP contribution in [0.3, 0.4) is 0 Å². The van der Waals surface area contributed by atoms with Gasteiger partial charge in [0.15, 0.2) is 0 Å². The lowest BCUT2D eigenvalue weighted by atomic mass is 10.3. The monoisotopic (exact) mass is 219 g/mol. The first-order valence-corrected chi connectivity index (χ1v) is 5.30. The van der Waals surface area contributed by atoms with Gasteiger partial charge in [0, 0.05) is 12.1 Å². The van der Waals surface area contributed by atoms with E-state index in [1.165, 1.54) is 12.8 Å². The molecule has 0 N–H and O–H groups in total. The molecule has 84 valence electrons. The van der Waals surface area contributed by atoms with Crippen LogP contribution in [0, 0.1) is 0 Å². The van der Waals surface area contributed by atoms with Crippen LogP contribution in [-0.2, 0) is 0 Å². The summed E-state index contributed by atoms with van der Waals surface area (Å²) in [5, 5.41) is 0. The van der Waals surface area contributed by atoms with E-state index < -0.39 is 0 Å². The maximum atomic E-state index is 5.29.